The van der Waals surface area contributed by atoms with Crippen LogP contribution in [-0.2, 0) is 0 Å². The number of benzene rings is 1. The molecule has 0 N–H and O–H groups in total. The molecule has 0 bridgehead atoms. The van der Waals surface area contributed by atoms with E-state index in [1.165, 1.54) is 11.1 Å². The fraction of sp³-hybridized carbons (Fsp3) is 0.308. The Morgan fingerprint density at radius 2 is 1.39 bits per heavy atom. The molecule has 0 radical (unpaired) electrons. The van der Waals surface area contributed by atoms with Gasteiger partial charge in [-0.1, -0.05) is 28.1 Å². The van der Waals surface area contributed by atoms with Crippen LogP contribution >= 0.6 is 23.7 Å². The van der Waals surface area contributed by atoms with Crippen LogP contribution in [0.25, 0.3) is 5.57 Å². The summed E-state index contributed by atoms with van der Waals surface area (Å²) in [5.74, 6) is 0. The van der Waals surface area contributed by atoms with Crippen molar-refractivity contribution in [3.8, 4) is 0 Å². The molecule has 0 unspecified atom stereocenters. The summed E-state index contributed by atoms with van der Waals surface area (Å²) in [6, 6.07) is 8.34. The van der Waals surface area contributed by atoms with Crippen LogP contribution in [0.2, 0.25) is 0 Å². The van der Waals surface area contributed by atoms with Gasteiger partial charge in [0.15, 0.2) is 6.21 Å². The number of halogens is 7. The Bertz CT molecular complexity index is 575. The van der Waals surface area contributed by atoms with E-state index < -0.39 is 7.81 Å². The molecule has 1 aromatic rings. The van der Waals surface area contributed by atoms with E-state index >= 15 is 0 Å². The molecule has 0 aliphatic heterocycles. The summed E-state index contributed by atoms with van der Waals surface area (Å²) in [5, 5.41) is 0. The van der Waals surface area contributed by atoms with E-state index in [2.05, 4.69) is 62.1 Å². The summed E-state index contributed by atoms with van der Waals surface area (Å²) < 4.78 is 62.3. The van der Waals surface area contributed by atoms with Gasteiger partial charge in [-0.25, -0.2) is 4.58 Å². The van der Waals surface area contributed by atoms with Crippen molar-refractivity contribution in [1.82, 2.24) is 4.90 Å². The van der Waals surface area contributed by atoms with Gasteiger partial charge in [-0.3, -0.25) is 0 Å². The van der Waals surface area contributed by atoms with Gasteiger partial charge in [0.2, 0.25) is 0 Å². The molecule has 0 aliphatic rings. The zero-order chi connectivity index (χ0) is 18.5. The van der Waals surface area contributed by atoms with Crippen molar-refractivity contribution in [3.05, 3.63) is 40.5 Å². The molecule has 0 aromatic heterocycles. The molecule has 0 saturated carbocycles. The van der Waals surface area contributed by atoms with Gasteiger partial charge in [-0.15, -0.1) is 0 Å². The van der Waals surface area contributed by atoms with Crippen LogP contribution in [0.3, 0.4) is 0 Å². The molecular weight excluding hydrogens is 409 g/mol. The van der Waals surface area contributed by atoms with Gasteiger partial charge in [0, 0.05) is 24.8 Å². The van der Waals surface area contributed by atoms with Gasteiger partial charge in [-0.2, -0.15) is 0 Å². The molecule has 2 nitrogen and oxygen atoms in total. The summed E-state index contributed by atoms with van der Waals surface area (Å²) in [5.41, 5.74) is 2.41. The Balaban J connectivity index is 0.000000585. The van der Waals surface area contributed by atoms with Crippen molar-refractivity contribution in [2.75, 3.05) is 28.2 Å². The average molecular weight is 427 g/mol. The molecule has 0 atom stereocenters. The van der Waals surface area contributed by atoms with E-state index in [0.717, 1.165) is 4.47 Å². The van der Waals surface area contributed by atoms with Gasteiger partial charge in [0.05, 0.1) is 5.57 Å². The topological polar surface area (TPSA) is 6.25 Å². The summed E-state index contributed by atoms with van der Waals surface area (Å²) in [7, 11) is -2.54. The molecule has 23 heavy (non-hydrogen) atoms. The van der Waals surface area contributed by atoms with Crippen LogP contribution in [0.1, 0.15) is 5.56 Å². The number of nitrogens with zero attached hydrogens (tertiary/aromatic N) is 2. The first-order valence-corrected chi connectivity index (χ1v) is 8.98. The van der Waals surface area contributed by atoms with Crippen LogP contribution < -0.4 is 0 Å². The summed E-state index contributed by atoms with van der Waals surface area (Å²) in [6.07, 6.45) is 4.23. The molecule has 0 spiro atoms. The van der Waals surface area contributed by atoms with E-state index in [9.17, 15) is 25.2 Å². The molecule has 0 fully saturated rings. The SMILES string of the molecule is CN(C)/C=C(/C=[N+](C)C)c1ccc(Br)cc1.F[P-](F)(F)(F)(F)F. The molecular formula is C13H18BrF6N2P. The van der Waals surface area contributed by atoms with E-state index in [-0.39, 0.29) is 0 Å². The molecule has 0 amide bonds. The van der Waals surface area contributed by atoms with Gasteiger partial charge in [0.25, 0.3) is 0 Å². The van der Waals surface area contributed by atoms with Crippen LogP contribution in [0.15, 0.2) is 34.9 Å². The zero-order valence-electron chi connectivity index (χ0n) is 13.0. The first-order chi connectivity index (χ1) is 9.94. The summed E-state index contributed by atoms with van der Waals surface area (Å²) >= 11 is 3.45. The normalized spacial score (nSPS) is 14.8. The van der Waals surface area contributed by atoms with Crippen LogP contribution in [0.5, 0.6) is 0 Å². The summed E-state index contributed by atoms with van der Waals surface area (Å²) in [6.45, 7) is 0. The van der Waals surface area contributed by atoms with Crippen LogP contribution in [-0.4, -0.2) is 43.9 Å². The number of allylic oxidation sites excluding steroid dienone is 1. The predicted octanol–water partition coefficient (Wildman–Crippen LogP) is 6.08. The second-order valence-electron chi connectivity index (χ2n) is 5.11. The maximum atomic E-state index is 9.87. The third-order valence-electron chi connectivity index (χ3n) is 1.97. The third kappa shape index (κ3) is 17.1. The van der Waals surface area contributed by atoms with E-state index in [0.29, 0.717) is 0 Å². The maximum absolute atomic E-state index is 10.7. The molecule has 1 rings (SSSR count). The first kappa shape index (κ1) is 21.9. The van der Waals surface area contributed by atoms with Crippen molar-refractivity contribution in [2.45, 2.75) is 0 Å². The standard InChI is InChI=1S/C13H18BrN2.F6P/c1-15(2)9-12(10-16(3)4)11-5-7-13(14)8-6-11;1-7(2,3,4,5)6/h5-10H,1-4H3;/q+1;-1. The Morgan fingerprint density at radius 3 is 1.70 bits per heavy atom. The first-order valence-electron chi connectivity index (χ1n) is 6.16. The molecule has 134 valence electrons. The molecule has 1 aromatic carbocycles. The zero-order valence-corrected chi connectivity index (χ0v) is 15.4. The van der Waals surface area contributed by atoms with Crippen LogP contribution in [0, 0.1) is 0 Å². The van der Waals surface area contributed by atoms with Crippen molar-refractivity contribution in [3.63, 3.8) is 0 Å². The van der Waals surface area contributed by atoms with Gasteiger partial charge < -0.3 is 4.90 Å². The fourth-order valence-corrected chi connectivity index (χ4v) is 1.65. The second kappa shape index (κ2) is 6.81. The van der Waals surface area contributed by atoms with Crippen molar-refractivity contribution >= 4 is 35.5 Å². The van der Waals surface area contributed by atoms with E-state index in [4.69, 9.17) is 0 Å². The van der Waals surface area contributed by atoms with Crippen molar-refractivity contribution in [1.29, 1.82) is 0 Å². The minimum absolute atomic E-state index is 1.10. The monoisotopic (exact) mass is 426 g/mol. The molecule has 0 aliphatic carbocycles. The molecule has 0 saturated heterocycles. The Morgan fingerprint density at radius 1 is 1.00 bits per heavy atom. The Labute approximate surface area is 139 Å². The van der Waals surface area contributed by atoms with E-state index in [1.807, 2.05) is 28.2 Å². The molecule has 0 heterocycles. The number of hydrogen-bond donors (Lipinski definition) is 0. The predicted molar refractivity (Wildman–Crippen MR) is 87.5 cm³/mol. The van der Waals surface area contributed by atoms with Crippen LogP contribution in [0.4, 0.5) is 25.2 Å². The van der Waals surface area contributed by atoms with E-state index in [1.54, 1.807) is 0 Å². The average Bonchev–Trinajstić information content (AvgIpc) is 2.23. The van der Waals surface area contributed by atoms with Gasteiger partial charge in [-0.05, 0) is 17.7 Å². The quantitative estimate of drug-likeness (QED) is 0.246. The fourth-order valence-electron chi connectivity index (χ4n) is 1.38. The van der Waals surface area contributed by atoms with Crippen molar-refractivity contribution in [2.24, 2.45) is 0 Å². The second-order valence-corrected chi connectivity index (χ2v) is 7.94. The van der Waals surface area contributed by atoms with Crippen molar-refractivity contribution < 1.29 is 29.8 Å². The van der Waals surface area contributed by atoms with Gasteiger partial charge >= 0.3 is 33.0 Å². The van der Waals surface area contributed by atoms with Gasteiger partial charge in [0.1, 0.15) is 14.1 Å². The summed E-state index contributed by atoms with van der Waals surface area (Å²) in [4.78, 5) is 2.05. The minimum atomic E-state index is -10.7. The number of rotatable bonds is 3. The Kier molecular flexibility index (Phi) is 6.49. The molecule has 10 heteroatoms. The third-order valence-corrected chi connectivity index (χ3v) is 2.50. The Hall–Kier alpha value is -1.08. The number of hydrogen-bond acceptors (Lipinski definition) is 1.